The van der Waals surface area contributed by atoms with Gasteiger partial charge in [-0.3, -0.25) is 4.79 Å². The first-order chi connectivity index (χ1) is 7.79. The van der Waals surface area contributed by atoms with Crippen molar-refractivity contribution in [2.45, 2.75) is 19.4 Å². The molecule has 0 saturated heterocycles. The predicted octanol–water partition coefficient (Wildman–Crippen LogP) is -0.421. The molecule has 0 bridgehead atoms. The minimum atomic E-state index is -1.09. The Labute approximate surface area is 100 Å². The molecule has 0 unspecified atom stereocenters. The zero-order chi connectivity index (χ0) is 13.6. The average Bonchev–Trinajstić information content (AvgIpc) is 2.24. The molecule has 0 aromatic carbocycles. The molecule has 0 aromatic heterocycles. The van der Waals surface area contributed by atoms with Crippen LogP contribution in [0.5, 0.6) is 0 Å². The van der Waals surface area contributed by atoms with Crippen molar-refractivity contribution in [2.24, 2.45) is 0 Å². The van der Waals surface area contributed by atoms with Crippen LogP contribution in [-0.2, 0) is 9.59 Å². The summed E-state index contributed by atoms with van der Waals surface area (Å²) in [5.41, 5.74) is 0. The molecule has 98 valence electrons. The second-order valence-corrected chi connectivity index (χ2v) is 3.89. The van der Waals surface area contributed by atoms with Gasteiger partial charge in [-0.1, -0.05) is 6.92 Å². The average molecular weight is 245 g/mol. The summed E-state index contributed by atoms with van der Waals surface area (Å²) in [4.78, 5) is 36.1. The highest BCUT2D eigenvalue weighted by molar-refractivity contribution is 5.86. The van der Waals surface area contributed by atoms with Gasteiger partial charge in [0.25, 0.3) is 0 Å². The summed E-state index contributed by atoms with van der Waals surface area (Å²) in [7, 11) is 4.60. The number of amides is 3. The van der Waals surface area contributed by atoms with Crippen LogP contribution in [-0.4, -0.2) is 66.5 Å². The van der Waals surface area contributed by atoms with E-state index in [4.69, 9.17) is 5.11 Å². The van der Waals surface area contributed by atoms with Crippen molar-refractivity contribution >= 4 is 17.9 Å². The number of carbonyl (C=O) groups excluding carboxylic acids is 2. The summed E-state index contributed by atoms with van der Waals surface area (Å²) in [5.74, 6) is -1.32. The van der Waals surface area contributed by atoms with E-state index in [-0.39, 0.29) is 18.9 Å². The SMILES string of the molecule is CC[C@@H](NC(=O)N(C)CC(=O)N(C)C)C(=O)O. The van der Waals surface area contributed by atoms with Gasteiger partial charge in [0.15, 0.2) is 0 Å². The summed E-state index contributed by atoms with van der Waals surface area (Å²) in [6, 6.07) is -1.51. The smallest absolute Gasteiger partial charge is 0.326 e. The van der Waals surface area contributed by atoms with Crippen molar-refractivity contribution in [1.29, 1.82) is 0 Å². The molecular weight excluding hydrogens is 226 g/mol. The standard InChI is InChI=1S/C10H19N3O4/c1-5-7(9(15)16)11-10(17)13(4)6-8(14)12(2)3/h7H,5-6H2,1-4H3,(H,11,17)(H,15,16)/t7-/m1/s1. The molecule has 0 aromatic rings. The van der Waals surface area contributed by atoms with Gasteiger partial charge >= 0.3 is 12.0 Å². The summed E-state index contributed by atoms with van der Waals surface area (Å²) in [6.07, 6.45) is 0.288. The van der Waals surface area contributed by atoms with E-state index in [0.29, 0.717) is 0 Å². The number of aliphatic carboxylic acids is 1. The first-order valence-corrected chi connectivity index (χ1v) is 5.24. The van der Waals surface area contributed by atoms with Crippen LogP contribution in [0.15, 0.2) is 0 Å². The molecule has 0 aliphatic heterocycles. The lowest BCUT2D eigenvalue weighted by Gasteiger charge is -2.21. The third-order valence-corrected chi connectivity index (χ3v) is 2.22. The maximum atomic E-state index is 11.6. The van der Waals surface area contributed by atoms with Gasteiger partial charge in [0.2, 0.25) is 5.91 Å². The lowest BCUT2D eigenvalue weighted by atomic mass is 10.2. The number of nitrogens with zero attached hydrogens (tertiary/aromatic N) is 2. The number of likely N-dealkylation sites (N-methyl/N-ethyl adjacent to an activating group) is 2. The van der Waals surface area contributed by atoms with Gasteiger partial charge < -0.3 is 20.2 Å². The number of rotatable bonds is 5. The van der Waals surface area contributed by atoms with E-state index in [9.17, 15) is 14.4 Å². The van der Waals surface area contributed by atoms with Crippen molar-refractivity contribution in [2.75, 3.05) is 27.7 Å². The molecule has 0 heterocycles. The first kappa shape index (κ1) is 15.2. The number of carbonyl (C=O) groups is 3. The molecule has 0 aliphatic rings. The van der Waals surface area contributed by atoms with Crippen LogP contribution in [0, 0.1) is 0 Å². The van der Waals surface area contributed by atoms with Gasteiger partial charge in [-0.2, -0.15) is 0 Å². The van der Waals surface area contributed by atoms with E-state index in [0.717, 1.165) is 4.90 Å². The third-order valence-electron chi connectivity index (χ3n) is 2.22. The Morgan fingerprint density at radius 1 is 1.24 bits per heavy atom. The Balaban J connectivity index is 4.31. The lowest BCUT2D eigenvalue weighted by Crippen LogP contribution is -2.48. The minimum absolute atomic E-state index is 0.0884. The van der Waals surface area contributed by atoms with Crippen LogP contribution in [0.25, 0.3) is 0 Å². The van der Waals surface area contributed by atoms with E-state index in [2.05, 4.69) is 5.32 Å². The fourth-order valence-corrected chi connectivity index (χ4v) is 1.01. The molecule has 17 heavy (non-hydrogen) atoms. The van der Waals surface area contributed by atoms with Crippen LogP contribution in [0.1, 0.15) is 13.3 Å². The molecule has 7 heteroatoms. The lowest BCUT2D eigenvalue weighted by molar-refractivity contribution is -0.139. The van der Waals surface area contributed by atoms with Crippen molar-refractivity contribution in [3.63, 3.8) is 0 Å². The molecule has 0 aliphatic carbocycles. The highest BCUT2D eigenvalue weighted by Gasteiger charge is 2.21. The normalized spacial score (nSPS) is 11.5. The fraction of sp³-hybridized carbons (Fsp3) is 0.700. The second-order valence-electron chi connectivity index (χ2n) is 3.89. The predicted molar refractivity (Wildman–Crippen MR) is 61.6 cm³/mol. The quantitative estimate of drug-likeness (QED) is 0.688. The van der Waals surface area contributed by atoms with E-state index in [1.165, 1.54) is 11.9 Å². The zero-order valence-corrected chi connectivity index (χ0v) is 10.6. The Hall–Kier alpha value is -1.79. The van der Waals surface area contributed by atoms with Crippen LogP contribution in [0.3, 0.4) is 0 Å². The van der Waals surface area contributed by atoms with Crippen molar-refractivity contribution in [3.8, 4) is 0 Å². The van der Waals surface area contributed by atoms with Crippen LogP contribution >= 0.6 is 0 Å². The van der Waals surface area contributed by atoms with Gasteiger partial charge in [0.1, 0.15) is 12.6 Å². The van der Waals surface area contributed by atoms with Gasteiger partial charge in [-0.05, 0) is 6.42 Å². The maximum absolute atomic E-state index is 11.6. The third kappa shape index (κ3) is 5.19. The molecular formula is C10H19N3O4. The van der Waals surface area contributed by atoms with E-state index in [1.807, 2.05) is 0 Å². The molecule has 0 radical (unpaired) electrons. The topological polar surface area (TPSA) is 90.0 Å². The Morgan fingerprint density at radius 3 is 2.12 bits per heavy atom. The molecule has 0 fully saturated rings. The number of hydrogen-bond donors (Lipinski definition) is 2. The number of carboxylic acids is 1. The molecule has 0 rings (SSSR count). The number of carboxylic acid groups (broad SMARTS) is 1. The van der Waals surface area contributed by atoms with Crippen LogP contribution in [0.2, 0.25) is 0 Å². The highest BCUT2D eigenvalue weighted by Crippen LogP contribution is 1.94. The maximum Gasteiger partial charge on any atom is 0.326 e. The number of nitrogens with one attached hydrogen (secondary N) is 1. The van der Waals surface area contributed by atoms with Gasteiger partial charge in [0, 0.05) is 21.1 Å². The summed E-state index contributed by atoms with van der Waals surface area (Å²) >= 11 is 0. The van der Waals surface area contributed by atoms with Crippen molar-refractivity contribution in [1.82, 2.24) is 15.1 Å². The molecule has 0 spiro atoms. The van der Waals surface area contributed by atoms with Gasteiger partial charge in [-0.15, -0.1) is 0 Å². The molecule has 3 amide bonds. The van der Waals surface area contributed by atoms with E-state index >= 15 is 0 Å². The number of urea groups is 1. The first-order valence-electron chi connectivity index (χ1n) is 5.24. The number of hydrogen-bond acceptors (Lipinski definition) is 3. The zero-order valence-electron chi connectivity index (χ0n) is 10.6. The molecule has 0 saturated carbocycles. The second kappa shape index (κ2) is 6.72. The van der Waals surface area contributed by atoms with Gasteiger partial charge in [-0.25, -0.2) is 9.59 Å². The Morgan fingerprint density at radius 2 is 1.76 bits per heavy atom. The monoisotopic (exact) mass is 245 g/mol. The van der Waals surface area contributed by atoms with E-state index < -0.39 is 18.0 Å². The summed E-state index contributed by atoms with van der Waals surface area (Å²) < 4.78 is 0. The minimum Gasteiger partial charge on any atom is -0.480 e. The Kier molecular flexibility index (Phi) is 6.01. The Bertz CT molecular complexity index is 304. The van der Waals surface area contributed by atoms with Crippen molar-refractivity contribution in [3.05, 3.63) is 0 Å². The summed E-state index contributed by atoms with van der Waals surface area (Å²) in [5, 5.41) is 11.1. The highest BCUT2D eigenvalue weighted by atomic mass is 16.4. The molecule has 1 atom stereocenters. The van der Waals surface area contributed by atoms with Crippen LogP contribution < -0.4 is 5.32 Å². The van der Waals surface area contributed by atoms with Crippen LogP contribution in [0.4, 0.5) is 4.79 Å². The summed E-state index contributed by atoms with van der Waals surface area (Å²) in [6.45, 7) is 1.57. The van der Waals surface area contributed by atoms with Gasteiger partial charge in [0.05, 0.1) is 0 Å². The van der Waals surface area contributed by atoms with E-state index in [1.54, 1.807) is 21.0 Å². The van der Waals surface area contributed by atoms with Crippen molar-refractivity contribution < 1.29 is 19.5 Å². The largest absolute Gasteiger partial charge is 0.480 e. The molecule has 2 N–H and O–H groups in total. The fourth-order valence-electron chi connectivity index (χ4n) is 1.01. The molecule has 7 nitrogen and oxygen atoms in total.